The minimum absolute atomic E-state index is 0.00450. The van der Waals surface area contributed by atoms with E-state index in [-0.39, 0.29) is 5.91 Å². The van der Waals surface area contributed by atoms with E-state index in [2.05, 4.69) is 37.8 Å². The number of anilines is 1. The maximum absolute atomic E-state index is 11.2. The Morgan fingerprint density at radius 1 is 1.40 bits per heavy atom. The van der Waals surface area contributed by atoms with Crippen molar-refractivity contribution >= 4 is 11.7 Å². The summed E-state index contributed by atoms with van der Waals surface area (Å²) in [5, 5.41) is 8.60. The molecule has 0 radical (unpaired) electrons. The lowest BCUT2D eigenvalue weighted by Crippen LogP contribution is -2.32. The van der Waals surface area contributed by atoms with Crippen molar-refractivity contribution in [3.63, 3.8) is 0 Å². The zero-order valence-electron chi connectivity index (χ0n) is 12.2. The Hall–Kier alpha value is -2.13. The largest absolute Gasteiger partial charge is 0.372 e. The number of nitrogens with one attached hydrogen (secondary N) is 3. The molecule has 1 heterocycles. The van der Waals surface area contributed by atoms with E-state index in [0.29, 0.717) is 18.9 Å². The molecule has 0 aliphatic rings. The molecule has 0 unspecified atom stereocenters. The molecule has 1 rings (SSSR count). The number of amides is 1. The second kappa shape index (κ2) is 8.88. The Morgan fingerprint density at radius 2 is 2.20 bits per heavy atom. The van der Waals surface area contributed by atoms with Gasteiger partial charge in [0.2, 0.25) is 5.91 Å². The van der Waals surface area contributed by atoms with Gasteiger partial charge in [-0.1, -0.05) is 11.8 Å². The van der Waals surface area contributed by atoms with Crippen LogP contribution in [-0.2, 0) is 4.79 Å². The van der Waals surface area contributed by atoms with Gasteiger partial charge >= 0.3 is 0 Å². The predicted molar refractivity (Wildman–Crippen MR) is 79.4 cm³/mol. The predicted octanol–water partition coefficient (Wildman–Crippen LogP) is 0.294. The summed E-state index contributed by atoms with van der Waals surface area (Å²) in [7, 11) is 3.55. The van der Waals surface area contributed by atoms with Crippen molar-refractivity contribution in [2.75, 3.05) is 32.5 Å². The second-order valence-corrected chi connectivity index (χ2v) is 4.22. The molecule has 3 N–H and O–H groups in total. The van der Waals surface area contributed by atoms with E-state index in [1.807, 2.05) is 14.0 Å². The molecule has 20 heavy (non-hydrogen) atoms. The van der Waals surface area contributed by atoms with Crippen LogP contribution in [0.15, 0.2) is 6.20 Å². The van der Waals surface area contributed by atoms with Gasteiger partial charge in [0.15, 0.2) is 0 Å². The molecule has 1 aromatic heterocycles. The van der Waals surface area contributed by atoms with Crippen molar-refractivity contribution in [2.45, 2.75) is 19.8 Å². The van der Waals surface area contributed by atoms with Gasteiger partial charge in [-0.2, -0.15) is 0 Å². The first kappa shape index (κ1) is 15.9. The Balaban J connectivity index is 2.38. The minimum atomic E-state index is 0.00450. The van der Waals surface area contributed by atoms with Gasteiger partial charge in [-0.05, 0) is 20.4 Å². The van der Waals surface area contributed by atoms with E-state index >= 15 is 0 Å². The molecule has 0 aromatic carbocycles. The molecule has 6 heteroatoms. The topological polar surface area (TPSA) is 78.9 Å². The molecule has 1 amide bonds. The fourth-order valence-electron chi connectivity index (χ4n) is 1.54. The smallest absolute Gasteiger partial charge is 0.233 e. The van der Waals surface area contributed by atoms with Crippen molar-refractivity contribution in [3.05, 3.63) is 17.6 Å². The number of hydrogen-bond acceptors (Lipinski definition) is 5. The fraction of sp³-hybridized carbons (Fsp3) is 0.500. The molecule has 0 saturated carbocycles. The molecular weight excluding hydrogens is 254 g/mol. The first-order valence-electron chi connectivity index (χ1n) is 6.59. The Kier molecular flexibility index (Phi) is 7.07. The summed E-state index contributed by atoms with van der Waals surface area (Å²) in [4.78, 5) is 19.6. The molecular formula is C14H21N5O. The molecule has 0 atom stereocenters. The average molecular weight is 275 g/mol. The molecule has 1 aromatic rings. The normalized spacial score (nSPS) is 9.55. The summed E-state index contributed by atoms with van der Waals surface area (Å²) in [6.07, 6.45) is 3.26. The summed E-state index contributed by atoms with van der Waals surface area (Å²) in [6.45, 7) is 2.82. The fourth-order valence-corrected chi connectivity index (χ4v) is 1.54. The lowest BCUT2D eigenvalue weighted by atomic mass is 10.2. The number of carbonyl (C=O) groups is 1. The first-order chi connectivity index (χ1) is 9.67. The molecule has 0 aliphatic carbocycles. The van der Waals surface area contributed by atoms with Crippen LogP contribution in [0.1, 0.15) is 24.2 Å². The van der Waals surface area contributed by atoms with Gasteiger partial charge in [-0.25, -0.2) is 9.97 Å². The molecule has 108 valence electrons. The van der Waals surface area contributed by atoms with E-state index in [0.717, 1.165) is 24.2 Å². The third-order valence-electron chi connectivity index (χ3n) is 2.51. The van der Waals surface area contributed by atoms with Gasteiger partial charge in [0.25, 0.3) is 0 Å². The van der Waals surface area contributed by atoms with Crippen LogP contribution in [0.2, 0.25) is 0 Å². The van der Waals surface area contributed by atoms with Crippen LogP contribution in [0.3, 0.4) is 0 Å². The minimum Gasteiger partial charge on any atom is -0.372 e. The number of unbranched alkanes of at least 4 members (excludes halogenated alkanes) is 1. The van der Waals surface area contributed by atoms with Crippen LogP contribution in [0.5, 0.6) is 0 Å². The van der Waals surface area contributed by atoms with Crippen molar-refractivity contribution in [3.8, 4) is 11.8 Å². The molecule has 0 saturated heterocycles. The summed E-state index contributed by atoms with van der Waals surface area (Å²) >= 11 is 0. The highest BCUT2D eigenvalue weighted by Gasteiger charge is 2.00. The van der Waals surface area contributed by atoms with Crippen LogP contribution in [0, 0.1) is 18.8 Å². The number of aromatic nitrogens is 2. The molecule has 0 spiro atoms. The lowest BCUT2D eigenvalue weighted by molar-refractivity contribution is -0.120. The van der Waals surface area contributed by atoms with Crippen LogP contribution >= 0.6 is 0 Å². The maximum Gasteiger partial charge on any atom is 0.233 e. The number of nitrogens with zero attached hydrogens (tertiary/aromatic N) is 2. The van der Waals surface area contributed by atoms with Crippen LogP contribution in [-0.4, -0.2) is 43.1 Å². The Bertz CT molecular complexity index is 504. The highest BCUT2D eigenvalue weighted by Crippen LogP contribution is 2.08. The molecule has 0 aliphatic heterocycles. The Labute approximate surface area is 119 Å². The van der Waals surface area contributed by atoms with Crippen molar-refractivity contribution in [1.82, 2.24) is 20.6 Å². The molecule has 6 nitrogen and oxygen atoms in total. The standard InChI is InChI=1S/C14H21N5O/c1-11-18-9-12(14(16-3)19-11)7-5-4-6-8-17-13(20)10-15-2/h9,15H,4,6,8,10H2,1-3H3,(H,17,20)(H,16,18,19). The zero-order chi connectivity index (χ0) is 14.8. The first-order valence-corrected chi connectivity index (χ1v) is 6.59. The van der Waals surface area contributed by atoms with E-state index in [1.165, 1.54) is 0 Å². The highest BCUT2D eigenvalue weighted by molar-refractivity contribution is 5.77. The number of rotatable bonds is 6. The second-order valence-electron chi connectivity index (χ2n) is 4.22. The van der Waals surface area contributed by atoms with Crippen molar-refractivity contribution < 1.29 is 4.79 Å². The summed E-state index contributed by atoms with van der Waals surface area (Å²) < 4.78 is 0. The van der Waals surface area contributed by atoms with Crippen LogP contribution in [0.4, 0.5) is 5.82 Å². The van der Waals surface area contributed by atoms with Crippen molar-refractivity contribution in [2.24, 2.45) is 0 Å². The van der Waals surface area contributed by atoms with Gasteiger partial charge in [0.05, 0.1) is 12.1 Å². The highest BCUT2D eigenvalue weighted by atomic mass is 16.1. The van der Waals surface area contributed by atoms with Gasteiger partial charge < -0.3 is 16.0 Å². The lowest BCUT2D eigenvalue weighted by Gasteiger charge is -2.03. The van der Waals surface area contributed by atoms with Gasteiger partial charge in [0, 0.05) is 26.2 Å². The summed E-state index contributed by atoms with van der Waals surface area (Å²) in [5.41, 5.74) is 0.789. The Morgan fingerprint density at radius 3 is 2.90 bits per heavy atom. The number of carbonyl (C=O) groups excluding carboxylic acids is 1. The maximum atomic E-state index is 11.2. The van der Waals surface area contributed by atoms with Crippen molar-refractivity contribution in [1.29, 1.82) is 0 Å². The van der Waals surface area contributed by atoms with Gasteiger partial charge in [0.1, 0.15) is 11.6 Å². The third-order valence-corrected chi connectivity index (χ3v) is 2.51. The quantitative estimate of drug-likeness (QED) is 0.514. The van der Waals surface area contributed by atoms with E-state index in [1.54, 1.807) is 13.2 Å². The van der Waals surface area contributed by atoms with Crippen LogP contribution in [0.25, 0.3) is 0 Å². The number of aryl methyl sites for hydroxylation is 1. The zero-order valence-corrected chi connectivity index (χ0v) is 12.2. The van der Waals surface area contributed by atoms with Crippen LogP contribution < -0.4 is 16.0 Å². The molecule has 0 fully saturated rings. The molecule has 0 bridgehead atoms. The third kappa shape index (κ3) is 5.67. The number of hydrogen-bond donors (Lipinski definition) is 3. The monoisotopic (exact) mass is 275 g/mol. The number of likely N-dealkylation sites (N-methyl/N-ethyl adjacent to an activating group) is 1. The van der Waals surface area contributed by atoms with E-state index in [4.69, 9.17) is 0 Å². The average Bonchev–Trinajstić information content (AvgIpc) is 2.44. The summed E-state index contributed by atoms with van der Waals surface area (Å²) in [5.74, 6) is 7.57. The van der Waals surface area contributed by atoms with E-state index < -0.39 is 0 Å². The van der Waals surface area contributed by atoms with Gasteiger partial charge in [-0.3, -0.25) is 4.79 Å². The summed E-state index contributed by atoms with van der Waals surface area (Å²) in [6, 6.07) is 0. The SMILES string of the molecule is CNCC(=O)NCCCC#Cc1cnc(C)nc1NC. The van der Waals surface area contributed by atoms with Gasteiger partial charge in [-0.15, -0.1) is 0 Å². The van der Waals surface area contributed by atoms with E-state index in [9.17, 15) is 4.79 Å².